The lowest BCUT2D eigenvalue weighted by molar-refractivity contribution is 0.625. The third-order valence-corrected chi connectivity index (χ3v) is 4.49. The second-order valence-electron chi connectivity index (χ2n) is 4.36. The van der Waals surface area contributed by atoms with Gasteiger partial charge >= 0.3 is 0 Å². The molecule has 96 valence electrons. The summed E-state index contributed by atoms with van der Waals surface area (Å²) in [6, 6.07) is 6.56. The van der Waals surface area contributed by atoms with Gasteiger partial charge in [-0.25, -0.2) is 9.37 Å². The van der Waals surface area contributed by atoms with Crippen LogP contribution in [0.3, 0.4) is 0 Å². The highest BCUT2D eigenvalue weighted by Crippen LogP contribution is 2.26. The zero-order valence-electron chi connectivity index (χ0n) is 10.4. The Labute approximate surface area is 116 Å². The zero-order chi connectivity index (χ0) is 13.1. The van der Waals surface area contributed by atoms with E-state index in [1.54, 1.807) is 23.5 Å². The molecule has 0 aliphatic rings. The molecule has 1 aromatic carbocycles. The van der Waals surface area contributed by atoms with Crippen molar-refractivity contribution in [2.24, 2.45) is 0 Å². The predicted octanol–water partition coefficient (Wildman–Crippen LogP) is 4.46. The van der Waals surface area contributed by atoms with Crippen molar-refractivity contribution in [3.63, 3.8) is 0 Å². The van der Waals surface area contributed by atoms with Crippen LogP contribution in [0.5, 0.6) is 0 Å². The van der Waals surface area contributed by atoms with E-state index in [1.165, 1.54) is 17.0 Å². The number of aromatic nitrogens is 1. The Morgan fingerprint density at radius 1 is 1.28 bits per heavy atom. The largest absolute Gasteiger partial charge is 0.246 e. The van der Waals surface area contributed by atoms with Crippen molar-refractivity contribution >= 4 is 22.9 Å². The van der Waals surface area contributed by atoms with Crippen molar-refractivity contribution in [3.05, 3.63) is 51.2 Å². The number of alkyl halides is 1. The maximum Gasteiger partial charge on any atom is 0.123 e. The summed E-state index contributed by atoms with van der Waals surface area (Å²) in [4.78, 5) is 5.77. The third kappa shape index (κ3) is 3.09. The molecule has 1 heterocycles. The van der Waals surface area contributed by atoms with Crippen LogP contribution in [0.2, 0.25) is 0 Å². The number of rotatable bonds is 4. The Kier molecular flexibility index (Phi) is 4.36. The Balaban J connectivity index is 2.16. The molecule has 0 N–H and O–H groups in total. The van der Waals surface area contributed by atoms with Crippen LogP contribution in [0.4, 0.5) is 4.39 Å². The summed E-state index contributed by atoms with van der Waals surface area (Å²) in [7, 11) is 0. The summed E-state index contributed by atoms with van der Waals surface area (Å²) in [5.74, 6) is 0.494. The number of hydrogen-bond donors (Lipinski definition) is 0. The summed E-state index contributed by atoms with van der Waals surface area (Å²) in [5, 5.41) is 1.10. The average Bonchev–Trinajstić information content (AvgIpc) is 2.67. The number of nitrogens with zero attached hydrogens (tertiary/aromatic N) is 1. The first kappa shape index (κ1) is 13.5. The molecule has 0 bridgehead atoms. The van der Waals surface area contributed by atoms with Crippen molar-refractivity contribution < 1.29 is 4.39 Å². The molecule has 0 saturated heterocycles. The first-order chi connectivity index (χ1) is 8.60. The van der Waals surface area contributed by atoms with Crippen LogP contribution >= 0.6 is 22.9 Å². The monoisotopic (exact) mass is 283 g/mol. The van der Waals surface area contributed by atoms with Gasteiger partial charge in [-0.15, -0.1) is 22.9 Å². The van der Waals surface area contributed by atoms with Crippen molar-refractivity contribution in [1.82, 2.24) is 4.98 Å². The molecule has 0 aliphatic heterocycles. The van der Waals surface area contributed by atoms with Crippen LogP contribution in [-0.4, -0.2) is 10.9 Å². The van der Waals surface area contributed by atoms with Crippen LogP contribution in [0.1, 0.15) is 27.1 Å². The maximum absolute atomic E-state index is 12.9. The maximum atomic E-state index is 12.9. The first-order valence-electron chi connectivity index (χ1n) is 5.84. The molecule has 0 saturated carbocycles. The van der Waals surface area contributed by atoms with Gasteiger partial charge in [0, 0.05) is 23.1 Å². The Morgan fingerprint density at radius 3 is 2.44 bits per heavy atom. The molecule has 0 aliphatic carbocycles. The summed E-state index contributed by atoms with van der Waals surface area (Å²) >= 11 is 7.73. The molecule has 0 fully saturated rings. The van der Waals surface area contributed by atoms with E-state index in [0.29, 0.717) is 5.88 Å². The van der Waals surface area contributed by atoms with Crippen molar-refractivity contribution in [2.75, 3.05) is 5.88 Å². The lowest BCUT2D eigenvalue weighted by atomic mass is 9.98. The molecule has 18 heavy (non-hydrogen) atoms. The Hall–Kier alpha value is -0.930. The van der Waals surface area contributed by atoms with Crippen LogP contribution in [0.25, 0.3) is 0 Å². The van der Waals surface area contributed by atoms with Crippen LogP contribution in [0.15, 0.2) is 24.3 Å². The molecular weight excluding hydrogens is 269 g/mol. The molecule has 1 unspecified atom stereocenters. The van der Waals surface area contributed by atoms with Gasteiger partial charge in [-0.1, -0.05) is 12.1 Å². The number of benzene rings is 1. The summed E-state index contributed by atoms with van der Waals surface area (Å²) in [5.41, 5.74) is 2.15. The highest BCUT2D eigenvalue weighted by atomic mass is 35.5. The van der Waals surface area contributed by atoms with Gasteiger partial charge in [-0.3, -0.25) is 0 Å². The molecule has 2 rings (SSSR count). The van der Waals surface area contributed by atoms with E-state index in [1.807, 2.05) is 6.92 Å². The highest BCUT2D eigenvalue weighted by molar-refractivity contribution is 7.11. The molecule has 1 aromatic heterocycles. The molecule has 4 heteroatoms. The summed E-state index contributed by atoms with van der Waals surface area (Å²) in [6.07, 6.45) is 0.814. The SMILES string of the molecule is Cc1nc(CC(CCl)c2ccc(F)cc2)sc1C. The fraction of sp³-hybridized carbons (Fsp3) is 0.357. The number of halogens is 2. The molecule has 1 nitrogen and oxygen atoms in total. The van der Waals surface area contributed by atoms with Crippen molar-refractivity contribution in [2.45, 2.75) is 26.2 Å². The van der Waals surface area contributed by atoms with Gasteiger partial charge in [-0.2, -0.15) is 0 Å². The van der Waals surface area contributed by atoms with Crippen LogP contribution < -0.4 is 0 Å². The fourth-order valence-corrected chi connectivity index (χ4v) is 3.13. The van der Waals surface area contributed by atoms with Gasteiger partial charge < -0.3 is 0 Å². The third-order valence-electron chi connectivity index (χ3n) is 3.02. The molecule has 1 atom stereocenters. The van der Waals surface area contributed by atoms with Crippen molar-refractivity contribution in [3.8, 4) is 0 Å². The van der Waals surface area contributed by atoms with E-state index in [4.69, 9.17) is 11.6 Å². The normalized spacial score (nSPS) is 12.7. The first-order valence-corrected chi connectivity index (χ1v) is 7.19. The van der Waals surface area contributed by atoms with E-state index in [2.05, 4.69) is 11.9 Å². The van der Waals surface area contributed by atoms with Gasteiger partial charge in [0.05, 0.1) is 10.7 Å². The molecule has 2 aromatic rings. The standard InChI is InChI=1S/C14H15ClFNS/c1-9-10(2)18-14(17-9)7-12(8-15)11-3-5-13(16)6-4-11/h3-6,12H,7-8H2,1-2H3. The van der Waals surface area contributed by atoms with Gasteiger partial charge in [0.25, 0.3) is 0 Å². The average molecular weight is 284 g/mol. The van der Waals surface area contributed by atoms with E-state index < -0.39 is 0 Å². The highest BCUT2D eigenvalue weighted by Gasteiger charge is 2.14. The number of hydrogen-bond acceptors (Lipinski definition) is 2. The second-order valence-corrected chi connectivity index (χ2v) is 5.95. The van der Waals surface area contributed by atoms with Gasteiger partial charge in [0.2, 0.25) is 0 Å². The quantitative estimate of drug-likeness (QED) is 0.755. The Morgan fingerprint density at radius 2 is 1.94 bits per heavy atom. The minimum Gasteiger partial charge on any atom is -0.246 e. The van der Waals surface area contributed by atoms with E-state index in [-0.39, 0.29) is 11.7 Å². The molecule has 0 spiro atoms. The lowest BCUT2D eigenvalue weighted by Crippen LogP contribution is -2.04. The number of thiazole rings is 1. The lowest BCUT2D eigenvalue weighted by Gasteiger charge is -2.12. The zero-order valence-corrected chi connectivity index (χ0v) is 12.0. The van der Waals surface area contributed by atoms with Crippen LogP contribution in [-0.2, 0) is 6.42 Å². The van der Waals surface area contributed by atoms with Gasteiger partial charge in [-0.05, 0) is 31.5 Å². The second kappa shape index (κ2) is 5.81. The number of aryl methyl sites for hydroxylation is 2. The van der Waals surface area contributed by atoms with Gasteiger partial charge in [0.15, 0.2) is 0 Å². The smallest absolute Gasteiger partial charge is 0.123 e. The minimum atomic E-state index is -0.215. The molecule has 0 amide bonds. The molecule has 0 radical (unpaired) electrons. The summed E-state index contributed by atoms with van der Waals surface area (Å²) in [6.45, 7) is 4.09. The summed E-state index contributed by atoms with van der Waals surface area (Å²) < 4.78 is 12.9. The van der Waals surface area contributed by atoms with Gasteiger partial charge in [0.1, 0.15) is 5.82 Å². The topological polar surface area (TPSA) is 12.9 Å². The minimum absolute atomic E-state index is 0.192. The fourth-order valence-electron chi connectivity index (χ4n) is 1.83. The molecular formula is C14H15ClFNS. The predicted molar refractivity (Wildman–Crippen MR) is 75.2 cm³/mol. The van der Waals surface area contributed by atoms with Crippen molar-refractivity contribution in [1.29, 1.82) is 0 Å². The van der Waals surface area contributed by atoms with E-state index in [9.17, 15) is 4.39 Å². The van der Waals surface area contributed by atoms with E-state index >= 15 is 0 Å². The van der Waals surface area contributed by atoms with E-state index in [0.717, 1.165) is 22.7 Å². The van der Waals surface area contributed by atoms with Crippen LogP contribution in [0, 0.1) is 19.7 Å². The Bertz CT molecular complexity index is 502.